The molecule has 0 atom stereocenters. The van der Waals surface area contributed by atoms with Gasteiger partial charge in [-0.2, -0.15) is 13.2 Å². The number of anilines is 2. The minimum Gasteiger partial charge on any atom is -0.497 e. The maximum absolute atomic E-state index is 13.6. The topological polar surface area (TPSA) is 134 Å². The first-order chi connectivity index (χ1) is 25.8. The van der Waals surface area contributed by atoms with Gasteiger partial charge >= 0.3 is 12.1 Å². The average Bonchev–Trinajstić information content (AvgIpc) is 3.14. The highest BCUT2D eigenvalue weighted by Gasteiger charge is 2.34. The SMILES string of the molecule is COc1ccc(CC(=O)Nc2ccc(C(=O)N(CC(=O)O)Cc3ccc(NC(=O)COc4ccc(-c5ccc(C)cc5)cc4)cc3)cc2)c(C(F)(F)F)c1. The molecule has 54 heavy (non-hydrogen) atoms. The molecule has 3 amide bonds. The Bertz CT molecular complexity index is 2100. The first kappa shape index (κ1) is 38.6. The molecule has 0 spiro atoms. The van der Waals surface area contributed by atoms with Crippen LogP contribution in [-0.4, -0.2) is 54.0 Å². The van der Waals surface area contributed by atoms with Crippen molar-refractivity contribution in [3.05, 3.63) is 143 Å². The third kappa shape index (κ3) is 10.7. The van der Waals surface area contributed by atoms with Crippen molar-refractivity contribution < 1.29 is 46.9 Å². The molecule has 0 aliphatic carbocycles. The molecule has 0 heterocycles. The van der Waals surface area contributed by atoms with Crippen LogP contribution in [0.1, 0.15) is 32.6 Å². The summed E-state index contributed by atoms with van der Waals surface area (Å²) in [5, 5.41) is 14.7. The van der Waals surface area contributed by atoms with E-state index in [9.17, 15) is 37.5 Å². The molecule has 0 aliphatic heterocycles. The number of carboxylic acid groups (broad SMARTS) is 1. The van der Waals surface area contributed by atoms with E-state index in [1.54, 1.807) is 36.4 Å². The van der Waals surface area contributed by atoms with Crippen LogP contribution in [0.25, 0.3) is 11.1 Å². The summed E-state index contributed by atoms with van der Waals surface area (Å²) in [5.74, 6) is -2.41. The highest BCUT2D eigenvalue weighted by atomic mass is 19.4. The van der Waals surface area contributed by atoms with Crippen LogP contribution < -0.4 is 20.1 Å². The third-order valence-electron chi connectivity index (χ3n) is 8.22. The molecule has 0 saturated heterocycles. The van der Waals surface area contributed by atoms with Crippen molar-refractivity contribution in [2.24, 2.45) is 0 Å². The Morgan fingerprint density at radius 3 is 1.85 bits per heavy atom. The minimum absolute atomic E-state index is 0.00303. The lowest BCUT2D eigenvalue weighted by atomic mass is 10.0. The zero-order valence-electron chi connectivity index (χ0n) is 29.3. The first-order valence-corrected chi connectivity index (χ1v) is 16.6. The van der Waals surface area contributed by atoms with Crippen LogP contribution in [-0.2, 0) is 33.5 Å². The highest BCUT2D eigenvalue weighted by Crippen LogP contribution is 2.35. The monoisotopic (exact) mass is 739 g/mol. The largest absolute Gasteiger partial charge is 0.497 e. The fraction of sp³-hybridized carbons (Fsp3) is 0.171. The van der Waals surface area contributed by atoms with Gasteiger partial charge in [0.1, 0.15) is 18.0 Å². The number of carbonyl (C=O) groups excluding carboxylic acids is 3. The predicted molar refractivity (Wildman–Crippen MR) is 196 cm³/mol. The summed E-state index contributed by atoms with van der Waals surface area (Å²) < 4.78 is 51.2. The van der Waals surface area contributed by atoms with Crippen molar-refractivity contribution >= 4 is 35.1 Å². The number of alkyl halides is 3. The molecule has 5 rings (SSSR count). The molecule has 0 saturated carbocycles. The fourth-order valence-electron chi connectivity index (χ4n) is 5.47. The van der Waals surface area contributed by atoms with Gasteiger partial charge in [0.25, 0.3) is 11.8 Å². The summed E-state index contributed by atoms with van der Waals surface area (Å²) in [6, 6.07) is 30.9. The van der Waals surface area contributed by atoms with Gasteiger partial charge in [-0.3, -0.25) is 19.2 Å². The smallest absolute Gasteiger partial charge is 0.416 e. The van der Waals surface area contributed by atoms with Crippen LogP contribution in [0.3, 0.4) is 0 Å². The maximum atomic E-state index is 13.6. The number of benzene rings is 5. The van der Waals surface area contributed by atoms with Gasteiger partial charge < -0.3 is 30.1 Å². The number of methoxy groups -OCH3 is 1. The molecule has 3 N–H and O–H groups in total. The van der Waals surface area contributed by atoms with Gasteiger partial charge in [0.15, 0.2) is 6.61 Å². The van der Waals surface area contributed by atoms with Gasteiger partial charge in [0.05, 0.1) is 19.1 Å². The second-order valence-electron chi connectivity index (χ2n) is 12.3. The molecule has 0 aliphatic rings. The standard InChI is InChI=1S/C41H36F3N3O7/c1-26-3-7-28(8-4-26)29-11-18-34(19-12-29)54-25-38(49)46-32-14-5-27(6-15-32)23-47(24-39(50)51)40(52)30-9-16-33(17-10-30)45-37(48)21-31-13-20-35(53-2)22-36(31)41(42,43)44/h3-20,22H,21,23-25H2,1-2H3,(H,45,48)(H,46,49)(H,50,51). The molecule has 0 radical (unpaired) electrons. The van der Waals surface area contributed by atoms with E-state index in [2.05, 4.69) is 10.6 Å². The Morgan fingerprint density at radius 2 is 1.28 bits per heavy atom. The Kier molecular flexibility index (Phi) is 12.3. The number of halogens is 3. The number of nitrogens with one attached hydrogen (secondary N) is 2. The third-order valence-corrected chi connectivity index (χ3v) is 8.22. The summed E-state index contributed by atoms with van der Waals surface area (Å²) >= 11 is 0. The van der Waals surface area contributed by atoms with E-state index in [1.807, 2.05) is 43.3 Å². The summed E-state index contributed by atoms with van der Waals surface area (Å²) in [4.78, 5) is 51.3. The van der Waals surface area contributed by atoms with Crippen LogP contribution in [0.2, 0.25) is 0 Å². The van der Waals surface area contributed by atoms with Crippen molar-refractivity contribution in [1.82, 2.24) is 4.90 Å². The van der Waals surface area contributed by atoms with Crippen molar-refractivity contribution in [1.29, 1.82) is 0 Å². The van der Waals surface area contributed by atoms with E-state index < -0.39 is 42.5 Å². The fourth-order valence-corrected chi connectivity index (χ4v) is 5.47. The van der Waals surface area contributed by atoms with Crippen molar-refractivity contribution in [3.63, 3.8) is 0 Å². The first-order valence-electron chi connectivity index (χ1n) is 16.6. The second kappa shape index (κ2) is 17.3. The number of ether oxygens (including phenoxy) is 2. The van der Waals surface area contributed by atoms with E-state index in [-0.39, 0.29) is 41.6 Å². The quantitative estimate of drug-likeness (QED) is 0.107. The lowest BCUT2D eigenvalue weighted by molar-refractivity contribution is -0.139. The molecule has 10 nitrogen and oxygen atoms in total. The van der Waals surface area contributed by atoms with E-state index in [0.29, 0.717) is 17.0 Å². The van der Waals surface area contributed by atoms with Gasteiger partial charge in [0, 0.05) is 23.5 Å². The highest BCUT2D eigenvalue weighted by molar-refractivity contribution is 5.97. The molecule has 5 aromatic carbocycles. The van der Waals surface area contributed by atoms with Gasteiger partial charge in [-0.05, 0) is 89.8 Å². The molecule has 0 fully saturated rings. The number of aliphatic carboxylic acids is 1. The van der Waals surface area contributed by atoms with Gasteiger partial charge in [-0.1, -0.05) is 60.2 Å². The van der Waals surface area contributed by atoms with E-state index in [1.165, 1.54) is 49.1 Å². The zero-order valence-corrected chi connectivity index (χ0v) is 29.3. The van der Waals surface area contributed by atoms with Gasteiger partial charge in [-0.15, -0.1) is 0 Å². The van der Waals surface area contributed by atoms with Crippen molar-refractivity contribution in [2.75, 3.05) is 30.9 Å². The summed E-state index contributed by atoms with van der Waals surface area (Å²) in [6.45, 7) is 1.12. The molecule has 0 aromatic heterocycles. The Morgan fingerprint density at radius 1 is 0.722 bits per heavy atom. The van der Waals surface area contributed by atoms with Crippen LogP contribution in [0, 0.1) is 6.92 Å². The number of aryl methyl sites for hydroxylation is 1. The average molecular weight is 740 g/mol. The molecular formula is C41H36F3N3O7. The molecule has 278 valence electrons. The Labute approximate surface area is 309 Å². The summed E-state index contributed by atoms with van der Waals surface area (Å²) in [6.07, 6.45) is -5.26. The zero-order chi connectivity index (χ0) is 38.8. The lowest BCUT2D eigenvalue weighted by Gasteiger charge is -2.21. The predicted octanol–water partition coefficient (Wildman–Crippen LogP) is 7.62. The number of rotatable bonds is 14. The number of carbonyl (C=O) groups is 4. The van der Waals surface area contributed by atoms with Crippen molar-refractivity contribution in [3.8, 4) is 22.6 Å². The number of hydrogen-bond acceptors (Lipinski definition) is 6. The number of amides is 3. The van der Waals surface area contributed by atoms with E-state index >= 15 is 0 Å². The van der Waals surface area contributed by atoms with Crippen LogP contribution in [0.4, 0.5) is 24.5 Å². The molecule has 5 aromatic rings. The van der Waals surface area contributed by atoms with Crippen LogP contribution in [0.15, 0.2) is 115 Å². The van der Waals surface area contributed by atoms with E-state index in [0.717, 1.165) is 22.1 Å². The number of hydrogen-bond donors (Lipinski definition) is 3. The minimum atomic E-state index is -4.70. The lowest BCUT2D eigenvalue weighted by Crippen LogP contribution is -2.35. The number of nitrogens with zero attached hydrogens (tertiary/aromatic N) is 1. The van der Waals surface area contributed by atoms with Crippen LogP contribution >= 0.6 is 0 Å². The van der Waals surface area contributed by atoms with Gasteiger partial charge in [0.2, 0.25) is 5.91 Å². The molecule has 0 bridgehead atoms. The van der Waals surface area contributed by atoms with Gasteiger partial charge in [-0.25, -0.2) is 0 Å². The normalized spacial score (nSPS) is 11.0. The molecule has 0 unspecified atom stereocenters. The summed E-state index contributed by atoms with van der Waals surface area (Å²) in [7, 11) is 1.24. The Hall–Kier alpha value is -6.63. The van der Waals surface area contributed by atoms with Crippen LogP contribution in [0.5, 0.6) is 11.5 Å². The number of carboxylic acids is 1. The Balaban J connectivity index is 1.14. The van der Waals surface area contributed by atoms with E-state index in [4.69, 9.17) is 9.47 Å². The molecule has 13 heteroatoms. The second-order valence-corrected chi connectivity index (χ2v) is 12.3. The maximum Gasteiger partial charge on any atom is 0.416 e. The summed E-state index contributed by atoms with van der Waals surface area (Å²) in [5.41, 5.74) is 3.44. The molecular weight excluding hydrogens is 703 g/mol. The van der Waals surface area contributed by atoms with Crippen molar-refractivity contribution in [2.45, 2.75) is 26.1 Å².